The Hall–Kier alpha value is -0.870. The number of thiophene rings is 1. The van der Waals surface area contributed by atoms with E-state index < -0.39 is 0 Å². The number of hydrogen-bond acceptors (Lipinski definition) is 3. The lowest BCUT2D eigenvalue weighted by molar-refractivity contribution is -0.00338. The molecule has 1 aromatic rings. The van der Waals surface area contributed by atoms with Crippen molar-refractivity contribution in [2.75, 3.05) is 13.2 Å². The van der Waals surface area contributed by atoms with Crippen molar-refractivity contribution in [3.05, 3.63) is 21.9 Å². The highest BCUT2D eigenvalue weighted by atomic mass is 32.1. The molecule has 2 heterocycles. The Morgan fingerprint density at radius 1 is 1.62 bits per heavy atom. The van der Waals surface area contributed by atoms with E-state index in [0.29, 0.717) is 13.2 Å². The first kappa shape index (κ1) is 8.72. The standard InChI is InChI=1S/C9H11NO2S/c1-6-2-3-8(13-6)9(11)10-7-4-12-5-7/h2-3,7H,4-5H2,1H3,(H,10,11). The maximum atomic E-state index is 11.5. The first-order valence-corrected chi connectivity index (χ1v) is 5.02. The highest BCUT2D eigenvalue weighted by molar-refractivity contribution is 7.13. The van der Waals surface area contributed by atoms with Gasteiger partial charge in [0, 0.05) is 4.88 Å². The molecule has 1 amide bonds. The van der Waals surface area contributed by atoms with Gasteiger partial charge in [0.15, 0.2) is 0 Å². The van der Waals surface area contributed by atoms with Crippen LogP contribution in [0.15, 0.2) is 12.1 Å². The number of ether oxygens (including phenoxy) is 1. The SMILES string of the molecule is Cc1ccc(C(=O)NC2COC2)s1. The van der Waals surface area contributed by atoms with E-state index in [1.54, 1.807) is 0 Å². The van der Waals surface area contributed by atoms with Gasteiger partial charge in [0.05, 0.1) is 24.1 Å². The number of nitrogens with one attached hydrogen (secondary N) is 1. The van der Waals surface area contributed by atoms with E-state index in [4.69, 9.17) is 4.74 Å². The first-order valence-electron chi connectivity index (χ1n) is 4.21. The summed E-state index contributed by atoms with van der Waals surface area (Å²) < 4.78 is 4.97. The smallest absolute Gasteiger partial charge is 0.261 e. The number of amides is 1. The lowest BCUT2D eigenvalue weighted by Crippen LogP contribution is -2.48. The average Bonchev–Trinajstić information content (AvgIpc) is 2.44. The summed E-state index contributed by atoms with van der Waals surface area (Å²) in [6.07, 6.45) is 0. The first-order chi connectivity index (χ1) is 6.25. The Morgan fingerprint density at radius 3 is 2.85 bits per heavy atom. The van der Waals surface area contributed by atoms with E-state index in [2.05, 4.69) is 5.32 Å². The van der Waals surface area contributed by atoms with Gasteiger partial charge in [0.1, 0.15) is 0 Å². The molecule has 70 valence electrons. The number of rotatable bonds is 2. The normalized spacial score (nSPS) is 16.7. The van der Waals surface area contributed by atoms with Gasteiger partial charge in [-0.2, -0.15) is 0 Å². The van der Waals surface area contributed by atoms with Crippen molar-refractivity contribution in [2.24, 2.45) is 0 Å². The van der Waals surface area contributed by atoms with Gasteiger partial charge < -0.3 is 10.1 Å². The molecule has 0 spiro atoms. The van der Waals surface area contributed by atoms with Gasteiger partial charge >= 0.3 is 0 Å². The Labute approximate surface area is 80.7 Å². The zero-order valence-corrected chi connectivity index (χ0v) is 8.19. The molecule has 0 aliphatic carbocycles. The molecular weight excluding hydrogens is 186 g/mol. The van der Waals surface area contributed by atoms with E-state index in [1.165, 1.54) is 11.3 Å². The molecule has 3 nitrogen and oxygen atoms in total. The third-order valence-corrected chi connectivity index (χ3v) is 2.94. The molecule has 0 radical (unpaired) electrons. The van der Waals surface area contributed by atoms with Crippen LogP contribution in [0.25, 0.3) is 0 Å². The van der Waals surface area contributed by atoms with Gasteiger partial charge in [-0.3, -0.25) is 4.79 Å². The van der Waals surface area contributed by atoms with Crippen molar-refractivity contribution in [1.82, 2.24) is 5.32 Å². The number of hydrogen-bond donors (Lipinski definition) is 1. The second-order valence-electron chi connectivity index (χ2n) is 3.12. The van der Waals surface area contributed by atoms with Gasteiger partial charge in [-0.05, 0) is 19.1 Å². The van der Waals surface area contributed by atoms with Crippen LogP contribution in [0.1, 0.15) is 14.5 Å². The largest absolute Gasteiger partial charge is 0.377 e. The van der Waals surface area contributed by atoms with Gasteiger partial charge in [-0.1, -0.05) is 0 Å². The zero-order chi connectivity index (χ0) is 9.26. The molecule has 1 aliphatic heterocycles. The van der Waals surface area contributed by atoms with Crippen molar-refractivity contribution in [1.29, 1.82) is 0 Å². The van der Waals surface area contributed by atoms with Crippen LogP contribution in [-0.4, -0.2) is 25.2 Å². The second kappa shape index (κ2) is 3.47. The van der Waals surface area contributed by atoms with Crippen molar-refractivity contribution in [3.8, 4) is 0 Å². The summed E-state index contributed by atoms with van der Waals surface area (Å²) in [5, 5.41) is 2.89. The van der Waals surface area contributed by atoms with Crippen LogP contribution < -0.4 is 5.32 Å². The topological polar surface area (TPSA) is 38.3 Å². The molecule has 0 saturated carbocycles. The van der Waals surface area contributed by atoms with Gasteiger partial charge in [-0.25, -0.2) is 0 Å². The summed E-state index contributed by atoms with van der Waals surface area (Å²) in [7, 11) is 0. The third-order valence-electron chi connectivity index (χ3n) is 1.94. The van der Waals surface area contributed by atoms with Crippen LogP contribution in [0.5, 0.6) is 0 Å². The van der Waals surface area contributed by atoms with Crippen LogP contribution >= 0.6 is 11.3 Å². The molecular formula is C9H11NO2S. The molecule has 0 bridgehead atoms. The van der Waals surface area contributed by atoms with E-state index in [9.17, 15) is 4.79 Å². The summed E-state index contributed by atoms with van der Waals surface area (Å²) in [6.45, 7) is 3.29. The molecule has 2 rings (SSSR count). The van der Waals surface area contributed by atoms with Crippen molar-refractivity contribution >= 4 is 17.2 Å². The van der Waals surface area contributed by atoms with Gasteiger partial charge in [-0.15, -0.1) is 11.3 Å². The summed E-state index contributed by atoms with van der Waals surface area (Å²) >= 11 is 1.52. The fourth-order valence-corrected chi connectivity index (χ4v) is 1.90. The molecule has 1 aliphatic rings. The highest BCUT2D eigenvalue weighted by Crippen LogP contribution is 2.15. The number of carbonyl (C=O) groups is 1. The predicted octanol–water partition coefficient (Wildman–Crippen LogP) is 1.19. The molecule has 1 fully saturated rings. The molecule has 1 saturated heterocycles. The maximum absolute atomic E-state index is 11.5. The Morgan fingerprint density at radius 2 is 2.38 bits per heavy atom. The van der Waals surface area contributed by atoms with Gasteiger partial charge in [0.2, 0.25) is 0 Å². The molecule has 1 N–H and O–H groups in total. The molecule has 0 aromatic carbocycles. The molecule has 4 heteroatoms. The van der Waals surface area contributed by atoms with Crippen LogP contribution in [-0.2, 0) is 4.74 Å². The average molecular weight is 197 g/mol. The summed E-state index contributed by atoms with van der Waals surface area (Å²) in [6, 6.07) is 4.03. The van der Waals surface area contributed by atoms with E-state index in [0.717, 1.165) is 9.75 Å². The molecule has 0 atom stereocenters. The number of carbonyl (C=O) groups excluding carboxylic acids is 1. The maximum Gasteiger partial charge on any atom is 0.261 e. The Bertz CT molecular complexity index is 317. The lowest BCUT2D eigenvalue weighted by atomic mass is 10.2. The summed E-state index contributed by atoms with van der Waals surface area (Å²) in [4.78, 5) is 13.4. The van der Waals surface area contributed by atoms with E-state index in [-0.39, 0.29) is 11.9 Å². The van der Waals surface area contributed by atoms with Crippen molar-refractivity contribution in [3.63, 3.8) is 0 Å². The highest BCUT2D eigenvalue weighted by Gasteiger charge is 2.21. The minimum atomic E-state index is 0.0198. The summed E-state index contributed by atoms with van der Waals surface area (Å²) in [5.74, 6) is 0.0198. The summed E-state index contributed by atoms with van der Waals surface area (Å²) in [5.41, 5.74) is 0. The van der Waals surface area contributed by atoms with Crippen molar-refractivity contribution in [2.45, 2.75) is 13.0 Å². The van der Waals surface area contributed by atoms with E-state index >= 15 is 0 Å². The quantitative estimate of drug-likeness (QED) is 0.773. The van der Waals surface area contributed by atoms with Gasteiger partial charge in [0.25, 0.3) is 5.91 Å². The fourth-order valence-electron chi connectivity index (χ4n) is 1.13. The monoisotopic (exact) mass is 197 g/mol. The predicted molar refractivity (Wildman–Crippen MR) is 51.1 cm³/mol. The Balaban J connectivity index is 1.96. The van der Waals surface area contributed by atoms with E-state index in [1.807, 2.05) is 19.1 Å². The van der Waals surface area contributed by atoms with Crippen LogP contribution in [0.4, 0.5) is 0 Å². The minimum absolute atomic E-state index is 0.0198. The fraction of sp³-hybridized carbons (Fsp3) is 0.444. The van der Waals surface area contributed by atoms with Crippen LogP contribution in [0.2, 0.25) is 0 Å². The minimum Gasteiger partial charge on any atom is -0.377 e. The molecule has 13 heavy (non-hydrogen) atoms. The third kappa shape index (κ3) is 1.89. The zero-order valence-electron chi connectivity index (χ0n) is 7.37. The van der Waals surface area contributed by atoms with Crippen molar-refractivity contribution < 1.29 is 9.53 Å². The Kier molecular flexibility index (Phi) is 2.33. The number of aryl methyl sites for hydroxylation is 1. The van der Waals surface area contributed by atoms with Crippen LogP contribution in [0.3, 0.4) is 0 Å². The molecule has 0 unspecified atom stereocenters. The second-order valence-corrected chi connectivity index (χ2v) is 4.41. The lowest BCUT2D eigenvalue weighted by Gasteiger charge is -2.26. The van der Waals surface area contributed by atoms with Crippen LogP contribution in [0, 0.1) is 6.92 Å². The molecule has 1 aromatic heterocycles.